The lowest BCUT2D eigenvalue weighted by atomic mass is 10.0. The molecule has 0 spiro atoms. The third-order valence-electron chi connectivity index (χ3n) is 4.17. The van der Waals surface area contributed by atoms with Gasteiger partial charge in [0.05, 0.1) is 5.56 Å². The third-order valence-corrected chi connectivity index (χ3v) is 4.17. The van der Waals surface area contributed by atoms with Gasteiger partial charge < -0.3 is 9.30 Å². The van der Waals surface area contributed by atoms with Gasteiger partial charge in [0.1, 0.15) is 18.4 Å². The van der Waals surface area contributed by atoms with Crippen LogP contribution in [0.1, 0.15) is 23.7 Å². The first-order chi connectivity index (χ1) is 11.7. The number of aryl methyl sites for hydroxylation is 1. The molecule has 0 saturated heterocycles. The van der Waals surface area contributed by atoms with Crippen molar-refractivity contribution in [2.75, 3.05) is 0 Å². The van der Waals surface area contributed by atoms with Crippen LogP contribution < -0.4 is 4.74 Å². The molecule has 2 aromatic carbocycles. The van der Waals surface area contributed by atoms with Crippen molar-refractivity contribution in [1.29, 1.82) is 5.26 Å². The molecule has 0 saturated carbocycles. The number of nitrogens with zero attached hydrogens (tertiary/aromatic N) is 2. The lowest BCUT2D eigenvalue weighted by Crippen LogP contribution is -1.94. The second-order valence-electron chi connectivity index (χ2n) is 5.74. The van der Waals surface area contributed by atoms with Gasteiger partial charge in [-0.25, -0.2) is 0 Å². The Bertz CT molecular complexity index is 855. The van der Waals surface area contributed by atoms with Crippen molar-refractivity contribution in [1.82, 2.24) is 4.57 Å². The molecule has 120 valence electrons. The van der Waals surface area contributed by atoms with E-state index in [4.69, 9.17) is 4.74 Å². The summed E-state index contributed by atoms with van der Waals surface area (Å²) < 4.78 is 7.85. The molecule has 24 heavy (non-hydrogen) atoms. The minimum atomic E-state index is 0.551. The van der Waals surface area contributed by atoms with E-state index in [1.807, 2.05) is 72.4 Å². The standard InChI is InChI=1S/C21H20N2O/c1-3-21-19(13-22)20(14-23(21)2)17-9-11-18(12-10-17)24-15-16-7-5-4-6-8-16/h4-12,14H,3,15H2,1-2H3. The monoisotopic (exact) mass is 316 g/mol. The highest BCUT2D eigenvalue weighted by Crippen LogP contribution is 2.29. The Balaban J connectivity index is 1.79. The number of ether oxygens (including phenoxy) is 1. The lowest BCUT2D eigenvalue weighted by Gasteiger charge is -2.07. The molecule has 0 radical (unpaired) electrons. The van der Waals surface area contributed by atoms with E-state index >= 15 is 0 Å². The van der Waals surface area contributed by atoms with Gasteiger partial charge in [-0.1, -0.05) is 49.4 Å². The molecule has 0 fully saturated rings. The molecule has 3 aromatic rings. The average molecular weight is 316 g/mol. The molecule has 0 aliphatic rings. The quantitative estimate of drug-likeness (QED) is 0.684. The van der Waals surface area contributed by atoms with Gasteiger partial charge >= 0.3 is 0 Å². The van der Waals surface area contributed by atoms with Crippen molar-refractivity contribution in [2.45, 2.75) is 20.0 Å². The van der Waals surface area contributed by atoms with Crippen LogP contribution in [-0.2, 0) is 20.1 Å². The van der Waals surface area contributed by atoms with Crippen LogP contribution in [0, 0.1) is 11.3 Å². The van der Waals surface area contributed by atoms with E-state index < -0.39 is 0 Å². The molecule has 0 unspecified atom stereocenters. The molecule has 0 bridgehead atoms. The van der Waals surface area contributed by atoms with E-state index in [1.54, 1.807) is 0 Å². The third kappa shape index (κ3) is 3.18. The molecule has 3 heteroatoms. The summed E-state index contributed by atoms with van der Waals surface area (Å²) in [7, 11) is 1.99. The predicted octanol–water partition coefficient (Wildman–Crippen LogP) is 4.71. The van der Waals surface area contributed by atoms with Crippen LogP contribution in [0.5, 0.6) is 5.75 Å². The number of aromatic nitrogens is 1. The fourth-order valence-electron chi connectivity index (χ4n) is 2.91. The summed E-state index contributed by atoms with van der Waals surface area (Å²) in [6, 6.07) is 20.4. The summed E-state index contributed by atoms with van der Waals surface area (Å²) >= 11 is 0. The zero-order valence-electron chi connectivity index (χ0n) is 14.0. The fourth-order valence-corrected chi connectivity index (χ4v) is 2.91. The van der Waals surface area contributed by atoms with Gasteiger partial charge in [-0.3, -0.25) is 0 Å². The number of hydrogen-bond donors (Lipinski definition) is 0. The van der Waals surface area contributed by atoms with Crippen molar-refractivity contribution < 1.29 is 4.74 Å². The van der Waals surface area contributed by atoms with Crippen LogP contribution in [0.2, 0.25) is 0 Å². The highest BCUT2D eigenvalue weighted by molar-refractivity contribution is 5.72. The lowest BCUT2D eigenvalue weighted by molar-refractivity contribution is 0.306. The maximum atomic E-state index is 9.48. The summed E-state index contributed by atoms with van der Waals surface area (Å²) in [5.74, 6) is 0.827. The number of hydrogen-bond acceptors (Lipinski definition) is 2. The summed E-state index contributed by atoms with van der Waals surface area (Å²) in [4.78, 5) is 0. The van der Waals surface area contributed by atoms with Crippen LogP contribution in [0.25, 0.3) is 11.1 Å². The van der Waals surface area contributed by atoms with Crippen molar-refractivity contribution in [3.05, 3.63) is 77.6 Å². The normalized spacial score (nSPS) is 10.4. The summed E-state index contributed by atoms with van der Waals surface area (Å²) in [6.07, 6.45) is 2.87. The maximum absolute atomic E-state index is 9.48. The summed E-state index contributed by atoms with van der Waals surface area (Å²) in [6.45, 7) is 2.62. The first-order valence-electron chi connectivity index (χ1n) is 8.08. The van der Waals surface area contributed by atoms with Crippen molar-refractivity contribution in [2.24, 2.45) is 7.05 Å². The smallest absolute Gasteiger partial charge is 0.119 e. The van der Waals surface area contributed by atoms with E-state index in [-0.39, 0.29) is 0 Å². The first-order valence-corrected chi connectivity index (χ1v) is 8.08. The summed E-state index contributed by atoms with van der Waals surface area (Å²) in [5, 5.41) is 9.48. The van der Waals surface area contributed by atoms with E-state index in [0.717, 1.165) is 40.1 Å². The Morgan fingerprint density at radius 1 is 1.04 bits per heavy atom. The van der Waals surface area contributed by atoms with Crippen molar-refractivity contribution in [3.63, 3.8) is 0 Å². The molecule has 0 N–H and O–H groups in total. The largest absolute Gasteiger partial charge is 0.489 e. The molecule has 0 atom stereocenters. The van der Waals surface area contributed by atoms with E-state index in [0.29, 0.717) is 6.61 Å². The van der Waals surface area contributed by atoms with E-state index in [2.05, 4.69) is 13.0 Å². The van der Waals surface area contributed by atoms with Gasteiger partial charge in [0.15, 0.2) is 0 Å². The van der Waals surface area contributed by atoms with Crippen molar-refractivity contribution >= 4 is 0 Å². The van der Waals surface area contributed by atoms with E-state index in [1.165, 1.54) is 0 Å². The topological polar surface area (TPSA) is 37.9 Å². The van der Waals surface area contributed by atoms with Crippen LogP contribution in [0.3, 0.4) is 0 Å². The molecule has 3 rings (SSSR count). The number of benzene rings is 2. The number of rotatable bonds is 5. The highest BCUT2D eigenvalue weighted by atomic mass is 16.5. The Morgan fingerprint density at radius 3 is 2.38 bits per heavy atom. The molecular formula is C21H20N2O. The molecule has 0 amide bonds. The highest BCUT2D eigenvalue weighted by Gasteiger charge is 2.14. The maximum Gasteiger partial charge on any atom is 0.119 e. The van der Waals surface area contributed by atoms with Crippen LogP contribution in [0.15, 0.2) is 60.8 Å². The predicted molar refractivity (Wildman–Crippen MR) is 95.7 cm³/mol. The molecule has 1 heterocycles. The van der Waals surface area contributed by atoms with Gasteiger partial charge in [-0.2, -0.15) is 5.26 Å². The SMILES string of the molecule is CCc1c(C#N)c(-c2ccc(OCc3ccccc3)cc2)cn1C. The molecule has 0 aliphatic carbocycles. The van der Waals surface area contributed by atoms with Gasteiger partial charge in [0.2, 0.25) is 0 Å². The minimum absolute atomic E-state index is 0.551. The minimum Gasteiger partial charge on any atom is -0.489 e. The Morgan fingerprint density at radius 2 is 1.75 bits per heavy atom. The zero-order valence-corrected chi connectivity index (χ0v) is 14.0. The van der Waals surface area contributed by atoms with Crippen LogP contribution in [0.4, 0.5) is 0 Å². The zero-order chi connectivity index (χ0) is 16.9. The second-order valence-corrected chi connectivity index (χ2v) is 5.74. The van der Waals surface area contributed by atoms with Crippen LogP contribution >= 0.6 is 0 Å². The Kier molecular flexibility index (Phi) is 4.67. The first kappa shape index (κ1) is 15.9. The van der Waals surface area contributed by atoms with Gasteiger partial charge in [-0.05, 0) is 29.7 Å². The van der Waals surface area contributed by atoms with Crippen molar-refractivity contribution in [3.8, 4) is 22.9 Å². The van der Waals surface area contributed by atoms with E-state index in [9.17, 15) is 5.26 Å². The molecule has 1 aromatic heterocycles. The second kappa shape index (κ2) is 7.06. The molecule has 0 aliphatic heterocycles. The number of nitriles is 1. The molecular weight excluding hydrogens is 296 g/mol. The Hall–Kier alpha value is -2.99. The summed E-state index contributed by atoms with van der Waals surface area (Å²) in [5.41, 5.74) is 4.99. The average Bonchev–Trinajstić information content (AvgIpc) is 2.96. The Labute approximate surface area is 142 Å². The van der Waals surface area contributed by atoms with Gasteiger partial charge in [0, 0.05) is 24.5 Å². The van der Waals surface area contributed by atoms with Gasteiger partial charge in [0.25, 0.3) is 0 Å². The van der Waals surface area contributed by atoms with Gasteiger partial charge in [-0.15, -0.1) is 0 Å². The fraction of sp³-hybridized carbons (Fsp3) is 0.190. The molecule has 3 nitrogen and oxygen atoms in total. The van der Waals surface area contributed by atoms with Crippen LogP contribution in [-0.4, -0.2) is 4.57 Å².